The van der Waals surface area contributed by atoms with Crippen LogP contribution < -0.4 is 53.7 Å². The summed E-state index contributed by atoms with van der Waals surface area (Å²) in [4.78, 5) is 120. The van der Waals surface area contributed by atoms with E-state index >= 15 is 0 Å². The number of rotatable bonds is 30. The van der Waals surface area contributed by atoms with Crippen molar-refractivity contribution in [3.8, 4) is 11.5 Å². The SMILES string of the molecule is [C-]#[N+]CC1(n2cc(C(N)=O)c(NC(=O)C3CC3)n2)CCN(Cc2ccc(OC(F)(F)F)cc2)CC1.[C-]#[N+]CC1(n2cc(C(N)=O)c(NC(=O)C3CC3)n2)CCN(Cc2cccc(Br)c2)CC1.[C-]#[N+]CC1(n2cc(C(N)=O)c(NC(=O)C3CC3)n2)CCN(Cc2cccc(OC(F)(F)F)c2)CC1.[C-]#[N+]CC1(n2cc(C(N)=O)c(NC(=O)C3CC3)n2)CCN(Cc2ccccc2Br)CC1. The van der Waals surface area contributed by atoms with Crippen molar-refractivity contribution in [3.63, 3.8) is 0 Å². The van der Waals surface area contributed by atoms with E-state index in [4.69, 9.17) is 49.2 Å². The summed E-state index contributed by atoms with van der Waals surface area (Å²) >= 11 is 7.12. The lowest BCUT2D eigenvalue weighted by Crippen LogP contribution is -2.48. The van der Waals surface area contributed by atoms with E-state index < -0.39 is 58.5 Å². The zero-order chi connectivity index (χ0) is 94.5. The van der Waals surface area contributed by atoms with Crippen molar-refractivity contribution in [1.82, 2.24) is 58.7 Å². The van der Waals surface area contributed by atoms with Crippen molar-refractivity contribution in [2.75, 3.05) is 99.8 Å². The van der Waals surface area contributed by atoms with Crippen LogP contribution in [0.4, 0.5) is 49.6 Å². The highest BCUT2D eigenvalue weighted by Gasteiger charge is 2.48. The van der Waals surface area contributed by atoms with Gasteiger partial charge in [0.15, 0.2) is 23.3 Å². The molecule has 0 bridgehead atoms. The van der Waals surface area contributed by atoms with Gasteiger partial charge in [-0.3, -0.25) is 76.7 Å². The number of nitrogens with one attached hydrogen (secondary N) is 4. The van der Waals surface area contributed by atoms with Gasteiger partial charge in [-0.2, -0.15) is 20.4 Å². The van der Waals surface area contributed by atoms with Crippen LogP contribution in [0.5, 0.6) is 11.5 Å². The normalized spacial score (nSPS) is 18.2. The Labute approximate surface area is 773 Å². The number of nitrogens with two attached hydrogens (primary N) is 4. The highest BCUT2D eigenvalue weighted by molar-refractivity contribution is 9.10. The molecule has 4 saturated heterocycles. The monoisotopic (exact) mass is 1950 g/mol. The molecule has 8 heterocycles. The molecular formula is C90H100Br2F6N24O10. The molecule has 132 heavy (non-hydrogen) atoms. The number of carbonyl (C=O) groups is 8. The van der Waals surface area contributed by atoms with E-state index in [0.717, 1.165) is 131 Å². The summed E-state index contributed by atoms with van der Waals surface area (Å²) < 4.78 is 91.3. The quantitative estimate of drug-likeness (QED) is 0.0153. The molecule has 8 aliphatic rings. The number of piperidine rings is 4. The number of halogens is 8. The fraction of sp³-hybridized carbons (Fsp3) is 0.467. The first kappa shape index (κ1) is 97.0. The molecule has 8 aromatic rings. The zero-order valence-corrected chi connectivity index (χ0v) is 75.2. The van der Waals surface area contributed by atoms with Gasteiger partial charge in [0.2, 0.25) is 49.8 Å². The molecule has 0 atom stereocenters. The third kappa shape index (κ3) is 25.4. The zero-order valence-electron chi connectivity index (χ0n) is 72.1. The standard InChI is InChI=1S/2C23H25F3N6O3.2C22H25BrN6O2/c1-28-14-22(32-13-18(19(27)33)20(30-32)29-21(34)16-4-5-16)8-10-31(11-9-22)12-15-2-6-17(7-3-15)35-23(24,25)26;1-28-14-22(32-13-18(19(27)33)20(30-32)29-21(34)16-5-6-16)7-9-31(10-8-22)12-15-3-2-4-17(11-15)35-23(24,25)26;1-25-14-22(7-9-28(10-8-22)12-15-3-2-4-17(23)11-15)29-13-18(19(24)30)20(27-29)26-21(31)16-5-6-16;1-25-14-22(8-10-28(11-9-22)12-16-4-2-3-5-18(16)23)29-13-17(19(24)30)20(27-29)26-21(31)15-6-7-15/h2-3,6-7,13,16H,4-5,8-12,14H2,(H2,27,33)(H,29,30,34);2-4,11,13,16H,5-10,12,14H2,(H2,27,33)(H,29,30,34);2-4,11,13,16H,5-10,12,14H2,(H2,24,30)(H,26,27,31);2-5,13,15H,6-12,14H2,(H2,24,30)(H,26,27,31). The maximum atomic E-state index is 12.5. The average molecular weight is 1950 g/mol. The Morgan fingerprint density at radius 3 is 0.955 bits per heavy atom. The van der Waals surface area contributed by atoms with Gasteiger partial charge in [-0.25, -0.2) is 26.3 Å². The van der Waals surface area contributed by atoms with Gasteiger partial charge in [-0.05, 0) is 167 Å². The molecule has 8 amide bonds. The van der Waals surface area contributed by atoms with Crippen LogP contribution in [0.2, 0.25) is 0 Å². The second-order valence-electron chi connectivity index (χ2n) is 34.7. The second kappa shape index (κ2) is 41.9. The number of primary amides is 4. The Bertz CT molecular complexity index is 5720. The summed E-state index contributed by atoms with van der Waals surface area (Å²) in [5, 5.41) is 28.9. The summed E-state index contributed by atoms with van der Waals surface area (Å²) in [6.07, 6.45) is 8.33. The van der Waals surface area contributed by atoms with Crippen LogP contribution >= 0.6 is 31.9 Å². The number of aromatic nitrogens is 8. The number of ether oxygens (including phenoxy) is 2. The fourth-order valence-electron chi connectivity index (χ4n) is 16.7. The van der Waals surface area contributed by atoms with Crippen molar-refractivity contribution < 1.29 is 74.2 Å². The first-order valence-electron chi connectivity index (χ1n) is 43.2. The minimum Gasteiger partial charge on any atom is -0.406 e. The number of benzene rings is 4. The minimum atomic E-state index is -4.76. The molecule has 0 radical (unpaired) electrons. The van der Waals surface area contributed by atoms with Gasteiger partial charge in [0, 0.05) is 136 Å². The second-order valence-corrected chi connectivity index (χ2v) is 36.5. The summed E-state index contributed by atoms with van der Waals surface area (Å²) in [6, 6.07) is 28.0. The van der Waals surface area contributed by atoms with E-state index in [1.54, 1.807) is 49.3 Å². The number of amides is 8. The van der Waals surface area contributed by atoms with Crippen LogP contribution in [0, 0.1) is 50.0 Å². The molecule has 696 valence electrons. The van der Waals surface area contributed by atoms with E-state index in [9.17, 15) is 64.7 Å². The molecule has 4 aliphatic heterocycles. The number of carbonyl (C=O) groups excluding carboxylic acids is 8. The first-order valence-corrected chi connectivity index (χ1v) is 44.8. The summed E-state index contributed by atoms with van der Waals surface area (Å²) in [5.74, 6) is -3.48. The lowest BCUT2D eigenvalue weighted by molar-refractivity contribution is -0.275. The highest BCUT2D eigenvalue weighted by Crippen LogP contribution is 2.42. The largest absolute Gasteiger partial charge is 0.573 e. The van der Waals surface area contributed by atoms with Crippen LogP contribution in [0.25, 0.3) is 19.4 Å². The van der Waals surface area contributed by atoms with Gasteiger partial charge < -0.3 is 73.1 Å². The maximum Gasteiger partial charge on any atom is 0.573 e. The topological polar surface area (TPSA) is 409 Å². The first-order chi connectivity index (χ1) is 63.0. The number of hydrogen-bond acceptors (Lipinski definition) is 18. The van der Waals surface area contributed by atoms with E-state index in [1.807, 2.05) is 30.3 Å². The fourth-order valence-corrected chi connectivity index (χ4v) is 17.5. The van der Waals surface area contributed by atoms with Gasteiger partial charge in [0.05, 0.1) is 0 Å². The molecule has 0 unspecified atom stereocenters. The molecule has 4 aromatic heterocycles. The Morgan fingerprint density at radius 1 is 0.379 bits per heavy atom. The van der Waals surface area contributed by atoms with Crippen LogP contribution in [0.3, 0.4) is 0 Å². The Hall–Kier alpha value is -12.6. The molecular weight excluding hydrogens is 1850 g/mol. The molecule has 0 spiro atoms. The van der Waals surface area contributed by atoms with Gasteiger partial charge in [0.1, 0.15) is 55.9 Å². The number of likely N-dealkylation sites (tertiary alicyclic amines) is 4. The van der Waals surface area contributed by atoms with Crippen LogP contribution in [0.15, 0.2) is 131 Å². The molecule has 16 rings (SSSR count). The molecule has 8 fully saturated rings. The van der Waals surface area contributed by atoms with Crippen molar-refractivity contribution in [2.45, 2.75) is 164 Å². The highest BCUT2D eigenvalue weighted by atomic mass is 79.9. The van der Waals surface area contributed by atoms with Gasteiger partial charge >= 0.3 is 12.7 Å². The Kier molecular flexibility index (Phi) is 30.8. The van der Waals surface area contributed by atoms with E-state index in [1.165, 1.54) is 53.9 Å². The van der Waals surface area contributed by atoms with Gasteiger partial charge in [0.25, 0.3) is 23.6 Å². The van der Waals surface area contributed by atoms with E-state index in [0.29, 0.717) is 70.5 Å². The smallest absolute Gasteiger partial charge is 0.406 e. The Morgan fingerprint density at radius 2 is 0.667 bits per heavy atom. The van der Waals surface area contributed by atoms with Gasteiger partial charge in [-0.15, -0.1) is 26.3 Å². The van der Waals surface area contributed by atoms with E-state index in [2.05, 4.69) is 140 Å². The van der Waals surface area contributed by atoms with Gasteiger partial charge in [-0.1, -0.05) is 86.5 Å². The maximum absolute atomic E-state index is 12.5. The third-order valence-corrected chi connectivity index (χ3v) is 26.3. The summed E-state index contributed by atoms with van der Waals surface area (Å²) in [5.41, 5.74) is 24.2. The van der Waals surface area contributed by atoms with Crippen LogP contribution in [0.1, 0.15) is 166 Å². The molecule has 34 nitrogen and oxygen atoms in total. The molecule has 4 saturated carbocycles. The predicted molar refractivity (Wildman–Crippen MR) is 479 cm³/mol. The molecule has 4 aliphatic carbocycles. The number of anilines is 4. The number of alkyl halides is 6. The predicted octanol–water partition coefficient (Wildman–Crippen LogP) is 12.3. The minimum absolute atomic E-state index is 0.00987. The number of hydrogen-bond donors (Lipinski definition) is 8. The number of nitrogens with zero attached hydrogens (tertiary/aromatic N) is 16. The van der Waals surface area contributed by atoms with Crippen LogP contribution in [-0.2, 0) is 67.5 Å². The van der Waals surface area contributed by atoms with Crippen molar-refractivity contribution in [2.24, 2.45) is 46.6 Å². The van der Waals surface area contributed by atoms with Crippen molar-refractivity contribution in [1.29, 1.82) is 0 Å². The van der Waals surface area contributed by atoms with Crippen molar-refractivity contribution in [3.05, 3.63) is 221 Å². The third-order valence-electron chi connectivity index (χ3n) is 25.0. The van der Waals surface area contributed by atoms with Crippen LogP contribution in [-0.4, -0.2) is 197 Å². The molecule has 4 aromatic carbocycles. The average Bonchev–Trinajstić information content (AvgIpc) is 1.62. The van der Waals surface area contributed by atoms with Crippen molar-refractivity contribution >= 4 is 102 Å². The lowest BCUT2D eigenvalue weighted by atomic mass is 9.87. The summed E-state index contributed by atoms with van der Waals surface area (Å²) in [6.45, 7) is 38.8. The van der Waals surface area contributed by atoms with E-state index in [-0.39, 0.29) is 131 Å². The Balaban J connectivity index is 0.000000150. The molecule has 12 N–H and O–H groups in total. The molecule has 42 heteroatoms. The summed E-state index contributed by atoms with van der Waals surface area (Å²) in [7, 11) is 0. The lowest BCUT2D eigenvalue weighted by Gasteiger charge is -2.39.